The fourth-order valence-corrected chi connectivity index (χ4v) is 3.87. The van der Waals surface area contributed by atoms with Crippen molar-refractivity contribution in [3.63, 3.8) is 0 Å². The number of nitrogens with one attached hydrogen (secondary N) is 1. The minimum atomic E-state index is -0.174. The van der Waals surface area contributed by atoms with Crippen LogP contribution in [0.1, 0.15) is 22.3 Å². The van der Waals surface area contributed by atoms with Gasteiger partial charge in [0.2, 0.25) is 0 Å². The van der Waals surface area contributed by atoms with Crippen LogP contribution in [-0.2, 0) is 13.1 Å². The van der Waals surface area contributed by atoms with Crippen LogP contribution in [0.2, 0.25) is 0 Å². The predicted molar refractivity (Wildman–Crippen MR) is 122 cm³/mol. The van der Waals surface area contributed by atoms with E-state index in [0.717, 1.165) is 24.0 Å². The first-order valence-electron chi connectivity index (χ1n) is 10.5. The van der Waals surface area contributed by atoms with E-state index in [4.69, 9.17) is 0 Å². The number of hydrogen-bond acceptors (Lipinski definition) is 4. The molecule has 1 amide bonds. The minimum absolute atomic E-state index is 0.143. The number of benzene rings is 2. The number of fused-ring (bicyclic) bond motifs is 3. The average Bonchev–Trinajstić information content (AvgIpc) is 3.52. The van der Waals surface area contributed by atoms with Crippen LogP contribution in [0.25, 0.3) is 16.6 Å². The highest BCUT2D eigenvalue weighted by atomic mass is 16.1. The lowest BCUT2D eigenvalue weighted by molar-refractivity contribution is 0.0952. The minimum Gasteiger partial charge on any atom is -0.352 e. The molecule has 32 heavy (non-hydrogen) atoms. The number of rotatable bonds is 7. The van der Waals surface area contributed by atoms with Crippen LogP contribution in [-0.4, -0.2) is 36.4 Å². The average molecular weight is 426 g/mol. The van der Waals surface area contributed by atoms with E-state index in [-0.39, 0.29) is 11.5 Å². The third kappa shape index (κ3) is 3.78. The van der Waals surface area contributed by atoms with E-state index < -0.39 is 0 Å². The van der Waals surface area contributed by atoms with Crippen molar-refractivity contribution in [3.05, 3.63) is 101 Å². The molecule has 0 bridgehead atoms. The zero-order chi connectivity index (χ0) is 21.9. The molecule has 3 heterocycles. The van der Waals surface area contributed by atoms with Gasteiger partial charge in [-0.1, -0.05) is 30.3 Å². The van der Waals surface area contributed by atoms with Crippen LogP contribution in [0, 0.1) is 0 Å². The summed E-state index contributed by atoms with van der Waals surface area (Å²) in [5.41, 5.74) is 3.31. The van der Waals surface area contributed by atoms with Crippen LogP contribution in [0.5, 0.6) is 0 Å². The molecule has 2 aromatic carbocycles. The van der Waals surface area contributed by atoms with Gasteiger partial charge in [-0.3, -0.25) is 14.3 Å². The first-order valence-corrected chi connectivity index (χ1v) is 10.5. The molecule has 160 valence electrons. The summed E-state index contributed by atoms with van der Waals surface area (Å²) in [5.74, 6) is -0.174. The molecule has 8 nitrogen and oxygen atoms in total. The van der Waals surface area contributed by atoms with Gasteiger partial charge in [-0.15, -0.1) is 0 Å². The first-order chi connectivity index (χ1) is 15.7. The Bertz CT molecular complexity index is 1430. The van der Waals surface area contributed by atoms with Crippen molar-refractivity contribution in [2.75, 3.05) is 6.54 Å². The number of nitrogens with zero attached hydrogens (tertiary/aromatic N) is 5. The molecule has 0 unspecified atom stereocenters. The number of carbonyl (C=O) groups is 1. The number of aryl methyl sites for hydroxylation is 1. The number of carbonyl (C=O) groups excluding carboxylic acids is 1. The maximum Gasteiger partial charge on any atom is 0.277 e. The van der Waals surface area contributed by atoms with Gasteiger partial charge in [-0.2, -0.15) is 10.2 Å². The Balaban J connectivity index is 1.46. The van der Waals surface area contributed by atoms with Crippen molar-refractivity contribution in [1.29, 1.82) is 0 Å². The van der Waals surface area contributed by atoms with Crippen molar-refractivity contribution in [3.8, 4) is 0 Å². The standard InChI is InChI=1S/C24H22N6O2/c31-23(25-11-4-14-28-15-5-12-26-28)19-8-9-20-22(16-19)29(17-18-6-2-1-3-7-18)24(32)21-10-13-27-30(20)21/h1-3,5-10,12-13,15-16H,4,11,14,17H2,(H,25,31). The van der Waals surface area contributed by atoms with Gasteiger partial charge in [0, 0.05) is 31.0 Å². The lowest BCUT2D eigenvalue weighted by Gasteiger charge is -2.13. The van der Waals surface area contributed by atoms with Crippen molar-refractivity contribution in [2.24, 2.45) is 0 Å². The number of hydrogen-bond donors (Lipinski definition) is 1. The third-order valence-electron chi connectivity index (χ3n) is 5.46. The summed E-state index contributed by atoms with van der Waals surface area (Å²) in [4.78, 5) is 26.0. The molecule has 0 saturated carbocycles. The predicted octanol–water partition coefficient (Wildman–Crippen LogP) is 2.71. The molecule has 0 aliphatic rings. The molecule has 5 rings (SSSR count). The largest absolute Gasteiger partial charge is 0.352 e. The van der Waals surface area contributed by atoms with Gasteiger partial charge in [0.25, 0.3) is 11.5 Å². The third-order valence-corrected chi connectivity index (χ3v) is 5.46. The highest BCUT2D eigenvalue weighted by Crippen LogP contribution is 2.18. The topological polar surface area (TPSA) is 86.2 Å². The highest BCUT2D eigenvalue weighted by molar-refractivity contribution is 5.97. The molecule has 0 aliphatic carbocycles. The molecular formula is C24H22N6O2. The monoisotopic (exact) mass is 426 g/mol. The molecule has 0 radical (unpaired) electrons. The zero-order valence-corrected chi connectivity index (χ0v) is 17.4. The Labute approximate surface area is 183 Å². The summed E-state index contributed by atoms with van der Waals surface area (Å²) in [6, 6.07) is 18.8. The van der Waals surface area contributed by atoms with E-state index in [1.165, 1.54) is 0 Å². The molecule has 3 aromatic heterocycles. The Morgan fingerprint density at radius 2 is 1.78 bits per heavy atom. The van der Waals surface area contributed by atoms with Crippen LogP contribution in [0.4, 0.5) is 0 Å². The molecule has 8 heteroatoms. The van der Waals surface area contributed by atoms with E-state index in [1.807, 2.05) is 53.3 Å². The SMILES string of the molecule is O=C(NCCCn1cccn1)c1ccc2c(c1)n(Cc1ccccc1)c(=O)c1ccnn12. The molecular weight excluding hydrogens is 404 g/mol. The molecule has 0 aliphatic heterocycles. The van der Waals surface area contributed by atoms with Crippen LogP contribution < -0.4 is 10.9 Å². The van der Waals surface area contributed by atoms with Gasteiger partial charge >= 0.3 is 0 Å². The van der Waals surface area contributed by atoms with E-state index in [1.54, 1.807) is 39.7 Å². The maximum absolute atomic E-state index is 13.2. The fourth-order valence-electron chi connectivity index (χ4n) is 3.87. The molecule has 1 N–H and O–H groups in total. The van der Waals surface area contributed by atoms with Crippen molar-refractivity contribution >= 4 is 22.5 Å². The van der Waals surface area contributed by atoms with Crippen LogP contribution >= 0.6 is 0 Å². The van der Waals surface area contributed by atoms with Gasteiger partial charge in [-0.25, -0.2) is 4.52 Å². The van der Waals surface area contributed by atoms with E-state index in [2.05, 4.69) is 15.5 Å². The van der Waals surface area contributed by atoms with E-state index in [9.17, 15) is 9.59 Å². The quantitative estimate of drug-likeness (QED) is 0.406. The van der Waals surface area contributed by atoms with Crippen molar-refractivity contribution < 1.29 is 4.79 Å². The number of aromatic nitrogens is 5. The molecule has 0 atom stereocenters. The molecule has 0 saturated heterocycles. The summed E-state index contributed by atoms with van der Waals surface area (Å²) in [6.45, 7) is 1.68. The second-order valence-corrected chi connectivity index (χ2v) is 7.59. The molecule has 0 fully saturated rings. The molecule has 5 aromatic rings. The molecule has 0 spiro atoms. The van der Waals surface area contributed by atoms with E-state index in [0.29, 0.717) is 29.7 Å². The Kier molecular flexibility index (Phi) is 5.25. The van der Waals surface area contributed by atoms with E-state index >= 15 is 0 Å². The van der Waals surface area contributed by atoms with Gasteiger partial charge in [0.05, 0.1) is 23.8 Å². The summed E-state index contributed by atoms with van der Waals surface area (Å²) < 4.78 is 5.17. The first kappa shape index (κ1) is 19.7. The second-order valence-electron chi connectivity index (χ2n) is 7.59. The van der Waals surface area contributed by atoms with Crippen molar-refractivity contribution in [1.82, 2.24) is 29.3 Å². The lowest BCUT2D eigenvalue weighted by Crippen LogP contribution is -2.26. The van der Waals surface area contributed by atoms with Gasteiger partial charge in [0.1, 0.15) is 5.52 Å². The van der Waals surface area contributed by atoms with Gasteiger partial charge in [0.15, 0.2) is 0 Å². The fraction of sp³-hybridized carbons (Fsp3) is 0.167. The summed E-state index contributed by atoms with van der Waals surface area (Å²) >= 11 is 0. The normalized spacial score (nSPS) is 11.2. The van der Waals surface area contributed by atoms with Crippen LogP contribution in [0.15, 0.2) is 84.0 Å². The van der Waals surface area contributed by atoms with Crippen molar-refractivity contribution in [2.45, 2.75) is 19.5 Å². The number of amides is 1. The summed E-state index contributed by atoms with van der Waals surface area (Å²) in [7, 11) is 0. The zero-order valence-electron chi connectivity index (χ0n) is 17.4. The Morgan fingerprint density at radius 1 is 0.906 bits per heavy atom. The second kappa shape index (κ2) is 8.50. The maximum atomic E-state index is 13.2. The highest BCUT2D eigenvalue weighted by Gasteiger charge is 2.14. The van der Waals surface area contributed by atoms with Gasteiger partial charge < -0.3 is 9.88 Å². The van der Waals surface area contributed by atoms with Crippen LogP contribution in [0.3, 0.4) is 0 Å². The summed E-state index contributed by atoms with van der Waals surface area (Å²) in [6.07, 6.45) is 6.02. The van der Waals surface area contributed by atoms with Gasteiger partial charge in [-0.05, 0) is 42.3 Å². The smallest absolute Gasteiger partial charge is 0.277 e. The summed E-state index contributed by atoms with van der Waals surface area (Å²) in [5, 5.41) is 11.4. The Hall–Kier alpha value is -4.20. The lowest BCUT2D eigenvalue weighted by atomic mass is 10.1. The Morgan fingerprint density at radius 3 is 2.59 bits per heavy atom.